The Bertz CT molecular complexity index is 550. The minimum atomic E-state index is 0.410. The molecule has 0 radical (unpaired) electrons. The molecule has 2 aromatic rings. The number of hydrogen-bond donors (Lipinski definition) is 1. The Kier molecular flexibility index (Phi) is 4.00. The molecule has 0 aliphatic heterocycles. The third-order valence-corrected chi connectivity index (χ3v) is 3.06. The molecular weight excluding hydrogens is 238 g/mol. The van der Waals surface area contributed by atoms with Gasteiger partial charge in [0.25, 0.3) is 0 Å². The number of methoxy groups -OCH3 is 1. The molecule has 1 aromatic carbocycles. The maximum Gasteiger partial charge on any atom is 0.222 e. The van der Waals surface area contributed by atoms with Crippen LogP contribution in [0.4, 0.5) is 5.95 Å². The number of nitrogens with zero attached hydrogens (tertiary/aromatic N) is 2. The third-order valence-electron chi connectivity index (χ3n) is 3.06. The van der Waals surface area contributed by atoms with Crippen molar-refractivity contribution in [3.8, 4) is 16.9 Å². The summed E-state index contributed by atoms with van der Waals surface area (Å²) >= 11 is 0. The van der Waals surface area contributed by atoms with Gasteiger partial charge < -0.3 is 10.1 Å². The largest absolute Gasteiger partial charge is 0.496 e. The fourth-order valence-electron chi connectivity index (χ4n) is 1.97. The zero-order chi connectivity index (χ0) is 13.8. The normalized spacial score (nSPS) is 10.6. The fraction of sp³-hybridized carbons (Fsp3) is 0.333. The SMILES string of the molecule is CNc1ncc(-c2ccc(OC)c(C(C)C)c2)cn1. The number of ether oxygens (including phenoxy) is 1. The second-order valence-corrected chi connectivity index (χ2v) is 4.66. The van der Waals surface area contributed by atoms with Crippen molar-refractivity contribution >= 4 is 5.95 Å². The van der Waals surface area contributed by atoms with Crippen molar-refractivity contribution in [1.82, 2.24) is 9.97 Å². The molecule has 0 saturated carbocycles. The van der Waals surface area contributed by atoms with Crippen LogP contribution in [0.3, 0.4) is 0 Å². The quantitative estimate of drug-likeness (QED) is 0.912. The van der Waals surface area contributed by atoms with Gasteiger partial charge in [-0.1, -0.05) is 19.9 Å². The lowest BCUT2D eigenvalue weighted by Crippen LogP contribution is -1.97. The van der Waals surface area contributed by atoms with Crippen molar-refractivity contribution in [1.29, 1.82) is 0 Å². The first-order valence-electron chi connectivity index (χ1n) is 6.33. The van der Waals surface area contributed by atoms with Crippen LogP contribution in [0, 0.1) is 0 Å². The monoisotopic (exact) mass is 257 g/mol. The summed E-state index contributed by atoms with van der Waals surface area (Å²) < 4.78 is 5.39. The predicted octanol–water partition coefficient (Wildman–Crippen LogP) is 3.32. The summed E-state index contributed by atoms with van der Waals surface area (Å²) in [5, 5.41) is 2.91. The minimum Gasteiger partial charge on any atom is -0.496 e. The van der Waals surface area contributed by atoms with Crippen LogP contribution >= 0.6 is 0 Å². The molecule has 0 fully saturated rings. The lowest BCUT2D eigenvalue weighted by molar-refractivity contribution is 0.407. The summed E-state index contributed by atoms with van der Waals surface area (Å²) in [6.07, 6.45) is 3.65. The van der Waals surface area contributed by atoms with Gasteiger partial charge in [0.15, 0.2) is 0 Å². The average molecular weight is 257 g/mol. The third kappa shape index (κ3) is 2.84. The van der Waals surface area contributed by atoms with E-state index in [0.717, 1.165) is 16.9 Å². The van der Waals surface area contributed by atoms with E-state index in [0.29, 0.717) is 11.9 Å². The van der Waals surface area contributed by atoms with E-state index in [2.05, 4.69) is 35.2 Å². The molecule has 4 nitrogen and oxygen atoms in total. The van der Waals surface area contributed by atoms with Crippen molar-refractivity contribution < 1.29 is 4.74 Å². The molecule has 0 aliphatic carbocycles. The van der Waals surface area contributed by atoms with Gasteiger partial charge in [-0.3, -0.25) is 0 Å². The first kappa shape index (κ1) is 13.3. The average Bonchev–Trinajstić information content (AvgIpc) is 2.46. The Balaban J connectivity index is 2.41. The molecule has 1 N–H and O–H groups in total. The number of rotatable bonds is 4. The van der Waals surface area contributed by atoms with Crippen molar-refractivity contribution in [2.45, 2.75) is 19.8 Å². The van der Waals surface area contributed by atoms with E-state index >= 15 is 0 Å². The van der Waals surface area contributed by atoms with E-state index < -0.39 is 0 Å². The van der Waals surface area contributed by atoms with Gasteiger partial charge in [-0.25, -0.2) is 9.97 Å². The van der Waals surface area contributed by atoms with Gasteiger partial charge in [0.1, 0.15) is 5.75 Å². The molecule has 0 unspecified atom stereocenters. The Labute approximate surface area is 113 Å². The Morgan fingerprint density at radius 2 is 1.79 bits per heavy atom. The van der Waals surface area contributed by atoms with Crippen LogP contribution in [0.5, 0.6) is 5.75 Å². The highest BCUT2D eigenvalue weighted by atomic mass is 16.5. The molecule has 0 spiro atoms. The number of benzene rings is 1. The summed E-state index contributed by atoms with van der Waals surface area (Å²) in [5.41, 5.74) is 3.30. The summed E-state index contributed by atoms with van der Waals surface area (Å²) in [5.74, 6) is 1.96. The van der Waals surface area contributed by atoms with Gasteiger partial charge in [0.2, 0.25) is 5.95 Å². The van der Waals surface area contributed by atoms with Gasteiger partial charge in [0, 0.05) is 25.0 Å². The molecular formula is C15H19N3O. The van der Waals surface area contributed by atoms with Gasteiger partial charge >= 0.3 is 0 Å². The molecule has 0 amide bonds. The van der Waals surface area contributed by atoms with E-state index in [1.165, 1.54) is 5.56 Å². The number of aromatic nitrogens is 2. The van der Waals surface area contributed by atoms with Crippen molar-refractivity contribution in [3.63, 3.8) is 0 Å². The first-order valence-corrected chi connectivity index (χ1v) is 6.33. The minimum absolute atomic E-state index is 0.410. The van der Waals surface area contributed by atoms with E-state index in [9.17, 15) is 0 Å². The van der Waals surface area contributed by atoms with Gasteiger partial charge in [-0.2, -0.15) is 0 Å². The van der Waals surface area contributed by atoms with Crippen molar-refractivity contribution in [2.24, 2.45) is 0 Å². The smallest absolute Gasteiger partial charge is 0.222 e. The van der Waals surface area contributed by atoms with E-state index in [-0.39, 0.29) is 0 Å². The molecule has 4 heteroatoms. The van der Waals surface area contributed by atoms with E-state index in [4.69, 9.17) is 4.74 Å². The zero-order valence-corrected chi connectivity index (χ0v) is 11.8. The summed E-state index contributed by atoms with van der Waals surface area (Å²) in [6.45, 7) is 4.31. The molecule has 2 rings (SSSR count). The lowest BCUT2D eigenvalue weighted by atomic mass is 9.97. The number of anilines is 1. The second-order valence-electron chi connectivity index (χ2n) is 4.66. The van der Waals surface area contributed by atoms with Gasteiger partial charge in [0.05, 0.1) is 7.11 Å². The molecule has 0 aliphatic rings. The summed E-state index contributed by atoms with van der Waals surface area (Å²) in [4.78, 5) is 8.47. The fourth-order valence-corrected chi connectivity index (χ4v) is 1.97. The maximum atomic E-state index is 5.39. The highest BCUT2D eigenvalue weighted by molar-refractivity contribution is 5.65. The van der Waals surface area contributed by atoms with Crippen LogP contribution in [0.25, 0.3) is 11.1 Å². The molecule has 100 valence electrons. The van der Waals surface area contributed by atoms with Crippen LogP contribution in [0.2, 0.25) is 0 Å². The van der Waals surface area contributed by atoms with Crippen LogP contribution in [0.15, 0.2) is 30.6 Å². The maximum absolute atomic E-state index is 5.39. The highest BCUT2D eigenvalue weighted by Crippen LogP contribution is 2.31. The lowest BCUT2D eigenvalue weighted by Gasteiger charge is -2.13. The van der Waals surface area contributed by atoms with Gasteiger partial charge in [-0.15, -0.1) is 0 Å². The topological polar surface area (TPSA) is 47.0 Å². The summed E-state index contributed by atoms with van der Waals surface area (Å²) in [6, 6.07) is 6.17. The molecule has 19 heavy (non-hydrogen) atoms. The van der Waals surface area contributed by atoms with E-state index in [1.54, 1.807) is 14.2 Å². The Hall–Kier alpha value is -2.10. The van der Waals surface area contributed by atoms with Crippen molar-refractivity contribution in [3.05, 3.63) is 36.2 Å². The predicted molar refractivity (Wildman–Crippen MR) is 77.7 cm³/mol. The van der Waals surface area contributed by atoms with Gasteiger partial charge in [-0.05, 0) is 29.2 Å². The molecule has 0 saturated heterocycles. The molecule has 1 heterocycles. The molecule has 0 bridgehead atoms. The van der Waals surface area contributed by atoms with Crippen molar-refractivity contribution in [2.75, 3.05) is 19.5 Å². The molecule has 0 atom stereocenters. The van der Waals surface area contributed by atoms with E-state index in [1.807, 2.05) is 24.5 Å². The Morgan fingerprint density at radius 3 is 2.32 bits per heavy atom. The van der Waals surface area contributed by atoms with Crippen LogP contribution in [-0.4, -0.2) is 24.1 Å². The zero-order valence-electron chi connectivity index (χ0n) is 11.8. The highest BCUT2D eigenvalue weighted by Gasteiger charge is 2.09. The van der Waals surface area contributed by atoms with Crippen LogP contribution in [0.1, 0.15) is 25.3 Å². The molecule has 1 aromatic heterocycles. The van der Waals surface area contributed by atoms with Crippen LogP contribution < -0.4 is 10.1 Å². The first-order chi connectivity index (χ1) is 9.15. The second kappa shape index (κ2) is 5.69. The summed E-state index contributed by atoms with van der Waals surface area (Å²) in [7, 11) is 3.50. The number of nitrogens with one attached hydrogen (secondary N) is 1. The number of hydrogen-bond acceptors (Lipinski definition) is 4. The Morgan fingerprint density at radius 1 is 1.11 bits per heavy atom. The standard InChI is InChI=1S/C15H19N3O/c1-10(2)13-7-11(5-6-14(13)19-4)12-8-17-15(16-3)18-9-12/h5-10H,1-4H3,(H,16,17,18). The van der Waals surface area contributed by atoms with Crippen LogP contribution in [-0.2, 0) is 0 Å².